The summed E-state index contributed by atoms with van der Waals surface area (Å²) in [7, 11) is 0. The predicted molar refractivity (Wildman–Crippen MR) is 64.1 cm³/mol. The van der Waals surface area contributed by atoms with Gasteiger partial charge in [0.15, 0.2) is 5.82 Å². The Bertz CT molecular complexity index is 500. The first-order valence-electron chi connectivity index (χ1n) is 5.97. The van der Waals surface area contributed by atoms with Crippen molar-refractivity contribution in [3.05, 3.63) is 35.7 Å². The zero-order valence-electron chi connectivity index (χ0n) is 9.60. The monoisotopic (exact) mass is 229 g/mol. The maximum Gasteiger partial charge on any atom is 0.257 e. The lowest BCUT2D eigenvalue weighted by atomic mass is 10.1. The van der Waals surface area contributed by atoms with Crippen molar-refractivity contribution >= 4 is 0 Å². The van der Waals surface area contributed by atoms with Gasteiger partial charge in [-0.3, -0.25) is 0 Å². The predicted octanol–water partition coefficient (Wildman–Crippen LogP) is 2.15. The van der Waals surface area contributed by atoms with Crippen LogP contribution in [0.25, 0.3) is 11.5 Å². The lowest BCUT2D eigenvalue weighted by molar-refractivity contribution is 0.421. The van der Waals surface area contributed by atoms with Gasteiger partial charge in [-0.15, -0.1) is 0 Å². The van der Waals surface area contributed by atoms with Crippen LogP contribution >= 0.6 is 0 Å². The summed E-state index contributed by atoms with van der Waals surface area (Å²) in [4.78, 5) is 4.41. The van der Waals surface area contributed by atoms with E-state index in [1.54, 1.807) is 0 Å². The molecule has 1 aliphatic rings. The second-order valence-electron chi connectivity index (χ2n) is 4.56. The first-order valence-corrected chi connectivity index (χ1v) is 5.97. The fraction of sp³-hybridized carbons (Fsp3) is 0.385. The van der Waals surface area contributed by atoms with Crippen LogP contribution in [0.2, 0.25) is 0 Å². The van der Waals surface area contributed by atoms with E-state index in [-0.39, 0.29) is 0 Å². The molecule has 1 fully saturated rings. The van der Waals surface area contributed by atoms with Gasteiger partial charge in [0.25, 0.3) is 5.89 Å². The van der Waals surface area contributed by atoms with Crippen LogP contribution in [0.4, 0.5) is 0 Å². The average molecular weight is 229 g/mol. The Morgan fingerprint density at radius 2 is 2.00 bits per heavy atom. The Morgan fingerprint density at radius 1 is 1.24 bits per heavy atom. The van der Waals surface area contributed by atoms with Gasteiger partial charge in [-0.2, -0.15) is 4.98 Å². The van der Waals surface area contributed by atoms with Gasteiger partial charge in [-0.05, 0) is 36.5 Å². The third-order valence-electron chi connectivity index (χ3n) is 3.07. The summed E-state index contributed by atoms with van der Waals surface area (Å²) in [6, 6.07) is 7.91. The van der Waals surface area contributed by atoms with Crippen LogP contribution in [0.1, 0.15) is 24.2 Å². The van der Waals surface area contributed by atoms with Gasteiger partial charge >= 0.3 is 0 Å². The fourth-order valence-corrected chi connectivity index (χ4v) is 1.82. The van der Waals surface area contributed by atoms with Crippen molar-refractivity contribution < 1.29 is 4.52 Å². The van der Waals surface area contributed by atoms with Crippen molar-refractivity contribution in [3.8, 4) is 11.5 Å². The van der Waals surface area contributed by atoms with E-state index in [4.69, 9.17) is 10.3 Å². The normalized spacial score (nSPS) is 15.1. The Labute approximate surface area is 99.8 Å². The van der Waals surface area contributed by atoms with Gasteiger partial charge in [0.2, 0.25) is 0 Å². The first kappa shape index (κ1) is 10.5. The van der Waals surface area contributed by atoms with Gasteiger partial charge in [-0.1, -0.05) is 17.3 Å². The number of rotatable bonds is 4. The van der Waals surface area contributed by atoms with Gasteiger partial charge < -0.3 is 10.3 Å². The SMILES string of the molecule is NCc1ccc(-c2nc(CC3CC3)no2)cc1. The van der Waals surface area contributed by atoms with Crippen LogP contribution in [0.3, 0.4) is 0 Å². The number of aromatic nitrogens is 2. The highest BCUT2D eigenvalue weighted by Gasteiger charge is 2.24. The molecule has 1 aromatic heterocycles. The van der Waals surface area contributed by atoms with Gasteiger partial charge in [0, 0.05) is 18.5 Å². The maximum atomic E-state index is 5.55. The summed E-state index contributed by atoms with van der Waals surface area (Å²) < 4.78 is 5.26. The molecular weight excluding hydrogens is 214 g/mol. The van der Waals surface area contributed by atoms with Gasteiger partial charge in [0.1, 0.15) is 0 Å². The molecule has 17 heavy (non-hydrogen) atoms. The molecule has 0 bridgehead atoms. The second-order valence-corrected chi connectivity index (χ2v) is 4.56. The summed E-state index contributed by atoms with van der Waals surface area (Å²) in [6.45, 7) is 0.553. The molecule has 88 valence electrons. The Hall–Kier alpha value is -1.68. The Kier molecular flexibility index (Phi) is 2.65. The molecule has 0 atom stereocenters. The molecule has 4 heteroatoms. The summed E-state index contributed by atoms with van der Waals surface area (Å²) in [5, 5.41) is 4.00. The van der Waals surface area contributed by atoms with Crippen LogP contribution in [-0.2, 0) is 13.0 Å². The minimum atomic E-state index is 0.553. The molecule has 0 saturated heterocycles. The number of nitrogens with two attached hydrogens (primary N) is 1. The van der Waals surface area contributed by atoms with E-state index >= 15 is 0 Å². The van der Waals surface area contributed by atoms with Crippen molar-refractivity contribution in [1.82, 2.24) is 10.1 Å². The second kappa shape index (κ2) is 4.30. The van der Waals surface area contributed by atoms with Crippen molar-refractivity contribution in [2.75, 3.05) is 0 Å². The van der Waals surface area contributed by atoms with Gasteiger partial charge in [0.05, 0.1) is 0 Å². The van der Waals surface area contributed by atoms with Crippen LogP contribution < -0.4 is 5.73 Å². The summed E-state index contributed by atoms with van der Waals surface area (Å²) in [6.07, 6.45) is 3.55. The summed E-state index contributed by atoms with van der Waals surface area (Å²) in [5.74, 6) is 2.20. The molecule has 2 N–H and O–H groups in total. The van der Waals surface area contributed by atoms with E-state index in [0.29, 0.717) is 12.4 Å². The zero-order valence-corrected chi connectivity index (χ0v) is 9.60. The molecule has 1 aromatic carbocycles. The first-order chi connectivity index (χ1) is 8.35. The molecule has 1 aliphatic carbocycles. The molecule has 0 unspecified atom stereocenters. The van der Waals surface area contributed by atoms with E-state index < -0.39 is 0 Å². The zero-order chi connectivity index (χ0) is 11.7. The number of hydrogen-bond acceptors (Lipinski definition) is 4. The molecule has 0 amide bonds. The number of benzene rings is 1. The lowest BCUT2D eigenvalue weighted by Gasteiger charge is -1.97. The quantitative estimate of drug-likeness (QED) is 0.872. The Balaban J connectivity index is 1.79. The molecule has 1 saturated carbocycles. The number of hydrogen-bond donors (Lipinski definition) is 1. The topological polar surface area (TPSA) is 64.9 Å². The standard InChI is InChI=1S/C13H15N3O/c14-8-10-3-5-11(6-4-10)13-15-12(16-17-13)7-9-1-2-9/h3-6,9H,1-2,7-8,14H2. The molecule has 3 rings (SSSR count). The molecule has 0 spiro atoms. The van der Waals surface area contributed by atoms with E-state index in [0.717, 1.165) is 29.3 Å². The molecule has 4 nitrogen and oxygen atoms in total. The summed E-state index contributed by atoms with van der Waals surface area (Å²) >= 11 is 0. The molecule has 0 radical (unpaired) electrons. The van der Waals surface area contributed by atoms with E-state index in [1.807, 2.05) is 24.3 Å². The minimum absolute atomic E-state index is 0.553. The van der Waals surface area contributed by atoms with Gasteiger partial charge in [-0.25, -0.2) is 0 Å². The highest BCUT2D eigenvalue weighted by atomic mass is 16.5. The highest BCUT2D eigenvalue weighted by Crippen LogP contribution is 2.32. The van der Waals surface area contributed by atoms with Crippen LogP contribution in [-0.4, -0.2) is 10.1 Å². The Morgan fingerprint density at radius 3 is 2.65 bits per heavy atom. The largest absolute Gasteiger partial charge is 0.334 e. The lowest BCUT2D eigenvalue weighted by Crippen LogP contribution is -1.95. The third kappa shape index (κ3) is 2.36. The van der Waals surface area contributed by atoms with Crippen LogP contribution in [0.5, 0.6) is 0 Å². The molecular formula is C13H15N3O. The van der Waals surface area contributed by atoms with Crippen molar-refractivity contribution in [2.45, 2.75) is 25.8 Å². The van der Waals surface area contributed by atoms with Crippen molar-refractivity contribution in [1.29, 1.82) is 0 Å². The fourth-order valence-electron chi connectivity index (χ4n) is 1.82. The molecule has 2 aromatic rings. The maximum absolute atomic E-state index is 5.55. The average Bonchev–Trinajstić information content (AvgIpc) is 3.06. The van der Waals surface area contributed by atoms with E-state index in [1.165, 1.54) is 12.8 Å². The van der Waals surface area contributed by atoms with E-state index in [2.05, 4.69) is 10.1 Å². The van der Waals surface area contributed by atoms with Crippen molar-refractivity contribution in [2.24, 2.45) is 11.7 Å². The van der Waals surface area contributed by atoms with Crippen LogP contribution in [0.15, 0.2) is 28.8 Å². The van der Waals surface area contributed by atoms with E-state index in [9.17, 15) is 0 Å². The van der Waals surface area contributed by atoms with Crippen molar-refractivity contribution in [3.63, 3.8) is 0 Å². The highest BCUT2D eigenvalue weighted by molar-refractivity contribution is 5.53. The molecule has 1 heterocycles. The number of nitrogens with zero attached hydrogens (tertiary/aromatic N) is 2. The minimum Gasteiger partial charge on any atom is -0.334 e. The van der Waals surface area contributed by atoms with Crippen LogP contribution in [0, 0.1) is 5.92 Å². The smallest absolute Gasteiger partial charge is 0.257 e. The third-order valence-corrected chi connectivity index (χ3v) is 3.07. The molecule has 0 aliphatic heterocycles. The summed E-state index contributed by atoms with van der Waals surface area (Å²) in [5.41, 5.74) is 7.61.